The van der Waals surface area contributed by atoms with E-state index in [0.717, 1.165) is 12.8 Å². The van der Waals surface area contributed by atoms with E-state index in [1.807, 2.05) is 0 Å². The van der Waals surface area contributed by atoms with Crippen LogP contribution in [0.15, 0.2) is 11.1 Å². The Balaban J connectivity index is 2.00. The van der Waals surface area contributed by atoms with Crippen LogP contribution in [-0.4, -0.2) is 29.2 Å². The van der Waals surface area contributed by atoms with Gasteiger partial charge in [0.05, 0.1) is 12.4 Å². The van der Waals surface area contributed by atoms with Crippen molar-refractivity contribution in [1.82, 2.24) is 9.97 Å². The predicted molar refractivity (Wildman–Crippen MR) is 56.7 cm³/mol. The molecule has 0 atom stereocenters. The van der Waals surface area contributed by atoms with E-state index in [2.05, 4.69) is 15.3 Å². The van der Waals surface area contributed by atoms with Crippen LogP contribution in [0.3, 0.4) is 0 Å². The van der Waals surface area contributed by atoms with Gasteiger partial charge in [0.1, 0.15) is 5.69 Å². The number of ether oxygens (including phenoxy) is 1. The molecule has 15 heavy (non-hydrogen) atoms. The summed E-state index contributed by atoms with van der Waals surface area (Å²) < 4.78 is 5.15. The maximum Gasteiger partial charge on any atom is 0.276 e. The first-order valence-electron chi connectivity index (χ1n) is 4.83. The van der Waals surface area contributed by atoms with Crippen LogP contribution in [0.25, 0.3) is 0 Å². The molecule has 1 fully saturated rings. The number of aromatic amines is 1. The van der Waals surface area contributed by atoms with E-state index in [-0.39, 0.29) is 11.2 Å². The zero-order chi connectivity index (χ0) is 10.8. The van der Waals surface area contributed by atoms with Crippen molar-refractivity contribution in [2.24, 2.45) is 0 Å². The molecule has 2 rings (SSSR count). The Morgan fingerprint density at radius 2 is 2.40 bits per heavy atom. The van der Waals surface area contributed by atoms with E-state index < -0.39 is 0 Å². The van der Waals surface area contributed by atoms with E-state index in [4.69, 9.17) is 10.5 Å². The third-order valence-corrected chi connectivity index (χ3v) is 2.66. The first-order valence-corrected chi connectivity index (χ1v) is 4.83. The van der Waals surface area contributed by atoms with Crippen LogP contribution < -0.4 is 16.6 Å². The Kier molecular flexibility index (Phi) is 2.59. The molecule has 1 heterocycles. The summed E-state index contributed by atoms with van der Waals surface area (Å²) in [6, 6.07) is 0.298. The van der Waals surface area contributed by atoms with Crippen molar-refractivity contribution in [1.29, 1.82) is 0 Å². The lowest BCUT2D eigenvalue weighted by molar-refractivity contribution is 0.0328. The smallest absolute Gasteiger partial charge is 0.276 e. The second kappa shape index (κ2) is 3.90. The van der Waals surface area contributed by atoms with Gasteiger partial charge in [-0.15, -0.1) is 0 Å². The molecule has 1 aliphatic carbocycles. The molecule has 0 aliphatic heterocycles. The molecule has 6 heteroatoms. The fraction of sp³-hybridized carbons (Fsp3) is 0.556. The van der Waals surface area contributed by atoms with Crippen LogP contribution >= 0.6 is 0 Å². The zero-order valence-electron chi connectivity index (χ0n) is 8.49. The van der Waals surface area contributed by atoms with Crippen molar-refractivity contribution >= 4 is 11.5 Å². The summed E-state index contributed by atoms with van der Waals surface area (Å²) in [7, 11) is 1.70. The number of nitrogens with two attached hydrogens (primary N) is 1. The molecule has 6 nitrogen and oxygen atoms in total. The Labute approximate surface area is 86.9 Å². The topological polar surface area (TPSA) is 93.0 Å². The van der Waals surface area contributed by atoms with E-state index in [1.54, 1.807) is 7.11 Å². The number of rotatable bonds is 3. The molecule has 0 bridgehead atoms. The summed E-state index contributed by atoms with van der Waals surface area (Å²) in [5.74, 6) is 0.457. The normalized spacial score (nSPS) is 24.6. The van der Waals surface area contributed by atoms with Crippen LogP contribution in [0, 0.1) is 0 Å². The predicted octanol–water partition coefficient (Wildman–Crippen LogP) is -0.0586. The van der Waals surface area contributed by atoms with Gasteiger partial charge >= 0.3 is 0 Å². The fourth-order valence-corrected chi connectivity index (χ4v) is 1.59. The fourth-order valence-electron chi connectivity index (χ4n) is 1.59. The average molecular weight is 210 g/mol. The number of nitrogens with zero attached hydrogens (tertiary/aromatic N) is 1. The molecule has 0 aromatic carbocycles. The third kappa shape index (κ3) is 1.94. The summed E-state index contributed by atoms with van der Waals surface area (Å²) >= 11 is 0. The number of H-pyrrole nitrogens is 1. The van der Waals surface area contributed by atoms with Gasteiger partial charge in [-0.2, -0.15) is 0 Å². The average Bonchev–Trinajstić information content (AvgIpc) is 2.17. The summed E-state index contributed by atoms with van der Waals surface area (Å²) in [4.78, 5) is 17.6. The summed E-state index contributed by atoms with van der Waals surface area (Å²) in [6.45, 7) is 0. The molecule has 1 aromatic heterocycles. The lowest BCUT2D eigenvalue weighted by Gasteiger charge is -2.34. The van der Waals surface area contributed by atoms with Gasteiger partial charge in [0.2, 0.25) is 0 Å². The Morgan fingerprint density at radius 3 is 3.07 bits per heavy atom. The quantitative estimate of drug-likeness (QED) is 0.650. The van der Waals surface area contributed by atoms with Crippen molar-refractivity contribution in [3.63, 3.8) is 0 Å². The monoisotopic (exact) mass is 210 g/mol. The van der Waals surface area contributed by atoms with E-state index in [9.17, 15) is 4.79 Å². The molecule has 4 N–H and O–H groups in total. The highest BCUT2D eigenvalue weighted by Gasteiger charge is 2.29. The van der Waals surface area contributed by atoms with Gasteiger partial charge in [-0.25, -0.2) is 4.98 Å². The van der Waals surface area contributed by atoms with Gasteiger partial charge < -0.3 is 20.8 Å². The van der Waals surface area contributed by atoms with Crippen LogP contribution in [0.2, 0.25) is 0 Å². The first kappa shape index (κ1) is 9.97. The molecule has 0 spiro atoms. The highest BCUT2D eigenvalue weighted by atomic mass is 16.5. The van der Waals surface area contributed by atoms with E-state index in [1.165, 1.54) is 6.33 Å². The van der Waals surface area contributed by atoms with Crippen LogP contribution in [-0.2, 0) is 4.74 Å². The minimum Gasteiger partial charge on any atom is -0.391 e. The molecule has 1 aliphatic rings. The number of anilines is 2. The van der Waals surface area contributed by atoms with E-state index in [0.29, 0.717) is 18.0 Å². The Morgan fingerprint density at radius 1 is 1.67 bits per heavy atom. The lowest BCUT2D eigenvalue weighted by Crippen LogP contribution is -2.40. The van der Waals surface area contributed by atoms with Gasteiger partial charge in [-0.05, 0) is 12.8 Å². The molecular formula is C9H14N4O2. The molecule has 0 radical (unpaired) electrons. The second-order valence-electron chi connectivity index (χ2n) is 3.66. The van der Waals surface area contributed by atoms with Crippen molar-refractivity contribution in [3.05, 3.63) is 16.7 Å². The molecule has 1 aromatic rings. The molecule has 82 valence electrons. The summed E-state index contributed by atoms with van der Waals surface area (Å²) in [5, 5.41) is 3.12. The maximum atomic E-state index is 11.2. The number of methoxy groups -OCH3 is 1. The SMILES string of the molecule is COC1CC(Nc2nc[nH]c(=O)c2N)C1. The van der Waals surface area contributed by atoms with Gasteiger partial charge in [-0.1, -0.05) is 0 Å². The minimum atomic E-state index is -0.310. The highest BCUT2D eigenvalue weighted by molar-refractivity contribution is 5.59. The van der Waals surface area contributed by atoms with Gasteiger partial charge in [-0.3, -0.25) is 4.79 Å². The van der Waals surface area contributed by atoms with Crippen LogP contribution in [0.5, 0.6) is 0 Å². The number of aromatic nitrogens is 2. The van der Waals surface area contributed by atoms with E-state index >= 15 is 0 Å². The van der Waals surface area contributed by atoms with Crippen molar-refractivity contribution in [2.45, 2.75) is 25.0 Å². The molecule has 1 saturated carbocycles. The molecule has 0 amide bonds. The lowest BCUT2D eigenvalue weighted by atomic mass is 9.89. The van der Waals surface area contributed by atoms with Crippen molar-refractivity contribution < 1.29 is 4.74 Å². The van der Waals surface area contributed by atoms with Gasteiger partial charge in [0, 0.05) is 13.2 Å². The second-order valence-corrected chi connectivity index (χ2v) is 3.66. The number of hydrogen-bond donors (Lipinski definition) is 3. The number of nitrogen functional groups attached to an aromatic ring is 1. The van der Waals surface area contributed by atoms with Crippen LogP contribution in [0.4, 0.5) is 11.5 Å². The Hall–Kier alpha value is -1.56. The standard InChI is InChI=1S/C9H14N4O2/c1-15-6-2-5(3-6)13-8-7(10)9(14)12-4-11-8/h4-6H,2-3,10H2,1H3,(H2,11,12,13,14). The zero-order valence-corrected chi connectivity index (χ0v) is 8.49. The highest BCUT2D eigenvalue weighted by Crippen LogP contribution is 2.26. The van der Waals surface area contributed by atoms with Gasteiger partial charge in [0.25, 0.3) is 5.56 Å². The molecular weight excluding hydrogens is 196 g/mol. The molecule has 0 unspecified atom stereocenters. The Bertz CT molecular complexity index is 397. The summed E-state index contributed by atoms with van der Waals surface area (Å²) in [6.07, 6.45) is 3.49. The van der Waals surface area contributed by atoms with Crippen molar-refractivity contribution in [3.8, 4) is 0 Å². The number of hydrogen-bond acceptors (Lipinski definition) is 5. The van der Waals surface area contributed by atoms with Crippen LogP contribution in [0.1, 0.15) is 12.8 Å². The maximum absolute atomic E-state index is 11.2. The van der Waals surface area contributed by atoms with Gasteiger partial charge in [0.15, 0.2) is 5.82 Å². The summed E-state index contributed by atoms with van der Waals surface area (Å²) in [5.41, 5.74) is 5.40. The molecule has 0 saturated heterocycles. The first-order chi connectivity index (χ1) is 7.20. The minimum absolute atomic E-state index is 0.137. The largest absolute Gasteiger partial charge is 0.391 e. The van der Waals surface area contributed by atoms with Crippen molar-refractivity contribution in [2.75, 3.05) is 18.2 Å². The third-order valence-electron chi connectivity index (χ3n) is 2.66. The number of nitrogens with one attached hydrogen (secondary N) is 2.